The quantitative estimate of drug-likeness (QED) is 0.568. The fourth-order valence-electron chi connectivity index (χ4n) is 2.94. The molecule has 2 bridgehead atoms. The van der Waals surface area contributed by atoms with Crippen LogP contribution in [0.1, 0.15) is 18.5 Å². The van der Waals surface area contributed by atoms with Gasteiger partial charge >= 0.3 is 0 Å². The van der Waals surface area contributed by atoms with Crippen LogP contribution < -0.4 is 10.7 Å². The lowest BCUT2D eigenvalue weighted by Crippen LogP contribution is -2.53. The van der Waals surface area contributed by atoms with Crippen molar-refractivity contribution >= 4 is 21.8 Å². The molecule has 2 atom stereocenters. The van der Waals surface area contributed by atoms with E-state index in [1.165, 1.54) is 12.8 Å². The third-order valence-corrected chi connectivity index (χ3v) is 4.24. The molecule has 2 saturated heterocycles. The third kappa shape index (κ3) is 2.03. The van der Waals surface area contributed by atoms with Crippen LogP contribution >= 0.6 is 15.9 Å². The van der Waals surface area contributed by atoms with Gasteiger partial charge in [0, 0.05) is 42.9 Å². The van der Waals surface area contributed by atoms with Gasteiger partial charge in [-0.25, -0.2) is 0 Å². The normalized spacial score (nSPS) is 26.4. The van der Waals surface area contributed by atoms with E-state index >= 15 is 0 Å². The maximum Gasteiger partial charge on any atom is 0.147 e. The number of likely N-dealkylation sites (tertiary alicyclic amines) is 1. The van der Waals surface area contributed by atoms with Gasteiger partial charge in [0.25, 0.3) is 0 Å². The third-order valence-electron chi connectivity index (χ3n) is 3.80. The molecule has 0 aromatic carbocycles. The smallest absolute Gasteiger partial charge is 0.147 e. The lowest BCUT2D eigenvalue weighted by Gasteiger charge is -2.34. The molecule has 1 aromatic rings. The van der Waals surface area contributed by atoms with Gasteiger partial charge < -0.3 is 15.6 Å². The Morgan fingerprint density at radius 1 is 1.44 bits per heavy atom. The summed E-state index contributed by atoms with van der Waals surface area (Å²) >= 11 is 3.46. The van der Waals surface area contributed by atoms with E-state index in [2.05, 4.69) is 31.6 Å². The minimum Gasteiger partial charge on any atom is -0.352 e. The first kappa shape index (κ1) is 12.0. The molecule has 0 radical (unpaired) electrons. The summed E-state index contributed by atoms with van der Waals surface area (Å²) in [5, 5.41) is 12.0. The summed E-state index contributed by atoms with van der Waals surface area (Å²) in [6.07, 6.45) is 4.43. The van der Waals surface area contributed by atoms with Crippen LogP contribution in [0.5, 0.6) is 0 Å². The molecular formula is C12H18BrN5. The Balaban J connectivity index is 1.81. The molecule has 1 aromatic heterocycles. The van der Waals surface area contributed by atoms with Crippen LogP contribution in [0.2, 0.25) is 0 Å². The summed E-state index contributed by atoms with van der Waals surface area (Å²) in [6.45, 7) is 1.89. The fraction of sp³-hybridized carbons (Fsp3) is 0.583. The molecule has 18 heavy (non-hydrogen) atoms. The van der Waals surface area contributed by atoms with Gasteiger partial charge in [0.05, 0.1) is 0 Å². The molecule has 3 rings (SSSR count). The van der Waals surface area contributed by atoms with Gasteiger partial charge in [0.15, 0.2) is 0 Å². The maximum absolute atomic E-state index is 8.41. The van der Waals surface area contributed by atoms with Crippen molar-refractivity contribution in [3.05, 3.63) is 22.4 Å². The summed E-state index contributed by atoms with van der Waals surface area (Å²) in [5.41, 5.74) is 3.99. The molecule has 98 valence electrons. The van der Waals surface area contributed by atoms with E-state index in [1.54, 1.807) is 0 Å². The summed E-state index contributed by atoms with van der Waals surface area (Å²) < 4.78 is 2.88. The highest BCUT2D eigenvalue weighted by Gasteiger charge is 2.33. The van der Waals surface area contributed by atoms with Crippen molar-refractivity contribution in [3.8, 4) is 0 Å². The largest absolute Gasteiger partial charge is 0.352 e. The molecule has 3 N–H and O–H groups in total. The van der Waals surface area contributed by atoms with Crippen molar-refractivity contribution in [1.29, 1.82) is 5.41 Å². The second-order valence-corrected chi connectivity index (χ2v) is 5.94. The predicted octanol–water partition coefficient (Wildman–Crippen LogP) is 1.19. The molecule has 2 aliphatic heterocycles. The summed E-state index contributed by atoms with van der Waals surface area (Å²) in [6, 6.07) is 3.11. The number of rotatable bonds is 2. The Hall–Kier alpha value is -1.01. The van der Waals surface area contributed by atoms with Crippen molar-refractivity contribution in [2.75, 3.05) is 25.6 Å². The van der Waals surface area contributed by atoms with Crippen LogP contribution in [0.25, 0.3) is 0 Å². The molecule has 2 unspecified atom stereocenters. The van der Waals surface area contributed by atoms with Crippen LogP contribution in [0, 0.1) is 5.41 Å². The summed E-state index contributed by atoms with van der Waals surface area (Å²) in [4.78, 5) is 2.19. The molecule has 5 nitrogen and oxygen atoms in total. The standard InChI is InChI=1S/C12H18BrN5/c1-15-18-5-8(13)4-11(18)12(14)17-6-9-2-3-10(7-17)16-9/h4-5,9-10,14-16H,2-3,6-7H2,1H3. The molecule has 2 fully saturated rings. The number of hydrogen-bond donors (Lipinski definition) is 3. The molecular weight excluding hydrogens is 294 g/mol. The van der Waals surface area contributed by atoms with E-state index in [9.17, 15) is 0 Å². The first-order chi connectivity index (χ1) is 8.67. The average molecular weight is 312 g/mol. The van der Waals surface area contributed by atoms with Crippen molar-refractivity contribution in [2.24, 2.45) is 0 Å². The number of halogens is 1. The van der Waals surface area contributed by atoms with Gasteiger partial charge in [-0.3, -0.25) is 10.1 Å². The van der Waals surface area contributed by atoms with Gasteiger partial charge in [0.2, 0.25) is 0 Å². The summed E-state index contributed by atoms with van der Waals surface area (Å²) in [5.74, 6) is 0.605. The lowest BCUT2D eigenvalue weighted by atomic mass is 10.2. The number of piperazine rings is 1. The van der Waals surface area contributed by atoms with Crippen molar-refractivity contribution in [2.45, 2.75) is 24.9 Å². The van der Waals surface area contributed by atoms with Crippen LogP contribution in [0.15, 0.2) is 16.7 Å². The zero-order valence-corrected chi connectivity index (χ0v) is 12.0. The number of nitrogens with one attached hydrogen (secondary N) is 3. The molecule has 0 aliphatic carbocycles. The van der Waals surface area contributed by atoms with E-state index in [4.69, 9.17) is 5.41 Å². The van der Waals surface area contributed by atoms with Gasteiger partial charge in [-0.15, -0.1) is 0 Å². The van der Waals surface area contributed by atoms with E-state index in [-0.39, 0.29) is 0 Å². The predicted molar refractivity (Wildman–Crippen MR) is 75.8 cm³/mol. The molecule has 2 aliphatic rings. The second kappa shape index (κ2) is 4.59. The molecule has 0 spiro atoms. The Labute approximate surface area is 115 Å². The number of amidine groups is 1. The topological polar surface area (TPSA) is 56.1 Å². The summed E-state index contributed by atoms with van der Waals surface area (Å²) in [7, 11) is 1.87. The number of nitrogens with zero attached hydrogens (tertiary/aromatic N) is 2. The van der Waals surface area contributed by atoms with Gasteiger partial charge in [-0.05, 0) is 34.8 Å². The van der Waals surface area contributed by atoms with Crippen LogP contribution in [-0.2, 0) is 0 Å². The Bertz CT molecular complexity index is 457. The second-order valence-electron chi connectivity index (χ2n) is 5.03. The Kier molecular flexibility index (Phi) is 3.07. The van der Waals surface area contributed by atoms with Crippen molar-refractivity contribution in [3.63, 3.8) is 0 Å². The highest BCUT2D eigenvalue weighted by atomic mass is 79.9. The highest BCUT2D eigenvalue weighted by Crippen LogP contribution is 2.22. The average Bonchev–Trinajstić information content (AvgIpc) is 2.91. The number of hydrogen-bond acceptors (Lipinski definition) is 3. The first-order valence-electron chi connectivity index (χ1n) is 6.33. The lowest BCUT2D eigenvalue weighted by molar-refractivity contribution is 0.287. The molecule has 3 heterocycles. The molecule has 6 heteroatoms. The monoisotopic (exact) mass is 311 g/mol. The number of fused-ring (bicyclic) bond motifs is 2. The van der Waals surface area contributed by atoms with E-state index in [0.717, 1.165) is 23.3 Å². The van der Waals surface area contributed by atoms with Gasteiger partial charge in [-0.2, -0.15) is 0 Å². The zero-order chi connectivity index (χ0) is 12.7. The van der Waals surface area contributed by atoms with Crippen LogP contribution in [0.3, 0.4) is 0 Å². The van der Waals surface area contributed by atoms with Crippen molar-refractivity contribution < 1.29 is 0 Å². The zero-order valence-electron chi connectivity index (χ0n) is 10.4. The first-order valence-corrected chi connectivity index (χ1v) is 7.12. The van der Waals surface area contributed by atoms with Crippen molar-refractivity contribution in [1.82, 2.24) is 14.9 Å². The van der Waals surface area contributed by atoms with Gasteiger partial charge in [-0.1, -0.05) is 0 Å². The van der Waals surface area contributed by atoms with E-state index in [1.807, 2.05) is 24.0 Å². The van der Waals surface area contributed by atoms with E-state index < -0.39 is 0 Å². The molecule has 0 amide bonds. The van der Waals surface area contributed by atoms with E-state index in [0.29, 0.717) is 17.9 Å². The van der Waals surface area contributed by atoms with Crippen LogP contribution in [0.4, 0.5) is 0 Å². The maximum atomic E-state index is 8.41. The Morgan fingerprint density at radius 3 is 2.72 bits per heavy atom. The number of aromatic nitrogens is 1. The minimum atomic E-state index is 0.561. The minimum absolute atomic E-state index is 0.561. The Morgan fingerprint density at radius 2 is 2.11 bits per heavy atom. The fourth-order valence-corrected chi connectivity index (χ4v) is 3.36. The van der Waals surface area contributed by atoms with Gasteiger partial charge in [0.1, 0.15) is 11.5 Å². The molecule has 0 saturated carbocycles. The SMILES string of the molecule is CNn1cc(Br)cc1C(=N)N1CC2CCC(C1)N2. The highest BCUT2D eigenvalue weighted by molar-refractivity contribution is 9.10. The van der Waals surface area contributed by atoms with Crippen LogP contribution in [-0.4, -0.2) is 47.6 Å².